The van der Waals surface area contributed by atoms with Crippen molar-refractivity contribution in [2.24, 2.45) is 5.92 Å². The van der Waals surface area contributed by atoms with Gasteiger partial charge in [-0.3, -0.25) is 4.90 Å². The van der Waals surface area contributed by atoms with Gasteiger partial charge in [0.1, 0.15) is 24.1 Å². The van der Waals surface area contributed by atoms with Gasteiger partial charge in [0, 0.05) is 47.2 Å². The molecule has 1 saturated heterocycles. The maximum atomic E-state index is 16.0. The van der Waals surface area contributed by atoms with Crippen LogP contribution in [0.25, 0.3) is 10.9 Å². The van der Waals surface area contributed by atoms with Gasteiger partial charge < -0.3 is 20.1 Å². The highest BCUT2D eigenvalue weighted by molar-refractivity contribution is 5.85. The Bertz CT molecular complexity index is 1360. The molecular weight excluding hydrogens is 529 g/mol. The quantitative estimate of drug-likeness (QED) is 0.301. The minimum Gasteiger partial charge on any atom is -0.390 e. The van der Waals surface area contributed by atoms with Crippen LogP contribution in [0, 0.1) is 23.4 Å². The molecule has 3 atom stereocenters. The number of aromatic amines is 1. The minimum absolute atomic E-state index is 0.0847. The molecule has 5 nitrogen and oxygen atoms in total. The number of rotatable bonds is 9. The summed E-state index contributed by atoms with van der Waals surface area (Å²) < 4.78 is 75.1. The molecule has 5 rings (SSSR count). The highest BCUT2D eigenvalue weighted by atomic mass is 19.3. The number of alkyl halides is 2. The van der Waals surface area contributed by atoms with Gasteiger partial charge in [0.2, 0.25) is 0 Å². The maximum absolute atomic E-state index is 16.0. The van der Waals surface area contributed by atoms with Crippen molar-refractivity contribution < 1.29 is 32.2 Å². The number of nitrogens with one attached hydrogen (secondary N) is 1. The van der Waals surface area contributed by atoms with E-state index in [9.17, 15) is 23.4 Å². The van der Waals surface area contributed by atoms with Crippen molar-refractivity contribution >= 4 is 10.9 Å². The minimum atomic E-state index is -3.52. The van der Waals surface area contributed by atoms with Crippen LogP contribution in [-0.4, -0.2) is 69.7 Å². The fourth-order valence-electron chi connectivity index (χ4n) is 6.26. The topological polar surface area (TPSA) is 62.7 Å². The summed E-state index contributed by atoms with van der Waals surface area (Å²) in [5.41, 5.74) is -0.414. The fourth-order valence-corrected chi connectivity index (χ4v) is 6.26. The number of nitrogens with zero attached hydrogens (tertiary/aromatic N) is 2. The zero-order valence-electron chi connectivity index (χ0n) is 23.0. The number of hydrogen-bond donors (Lipinski definition) is 3. The lowest BCUT2D eigenvalue weighted by molar-refractivity contribution is -0.0870. The van der Waals surface area contributed by atoms with Gasteiger partial charge in [-0.1, -0.05) is 13.3 Å². The monoisotopic (exact) mass is 565 g/mol. The lowest BCUT2D eigenvalue weighted by atomic mass is 9.77. The third kappa shape index (κ3) is 5.15. The van der Waals surface area contributed by atoms with Crippen LogP contribution in [0.5, 0.6) is 0 Å². The Labute approximate surface area is 230 Å². The lowest BCUT2D eigenvalue weighted by Gasteiger charge is -2.47. The number of aliphatic hydroxyl groups excluding tert-OH is 1. The Morgan fingerprint density at radius 2 is 1.75 bits per heavy atom. The molecule has 1 aromatic heterocycles. The molecule has 218 valence electrons. The Morgan fingerprint density at radius 3 is 2.38 bits per heavy atom. The standard InChI is InChI=1S/C30H36F5N3O2/c1-4-5-8-37-13-19(14-37)29(3,40)18-10-23(32)26(24(33)11-18)28-27-22(21-12-20(31)6-7-25(21)36-27)9-17(2)38(28)15-30(34,35)16-39/h6-7,10-12,17,19,28,36,39-40H,4-5,8-9,13-16H2,1-3H3/t17-,28-,29+/m1/s1. The van der Waals surface area contributed by atoms with Crippen LogP contribution in [0.2, 0.25) is 0 Å². The first kappa shape index (κ1) is 29.0. The number of aliphatic hydroxyl groups is 2. The Kier molecular flexibility index (Phi) is 7.76. The highest BCUT2D eigenvalue weighted by Crippen LogP contribution is 2.45. The summed E-state index contributed by atoms with van der Waals surface area (Å²) in [5, 5.41) is 21.1. The van der Waals surface area contributed by atoms with E-state index in [1.807, 2.05) is 0 Å². The van der Waals surface area contributed by atoms with Crippen molar-refractivity contribution in [3.8, 4) is 0 Å². The molecule has 3 N–H and O–H groups in total. The van der Waals surface area contributed by atoms with Gasteiger partial charge in [-0.15, -0.1) is 0 Å². The predicted octanol–water partition coefficient (Wildman–Crippen LogP) is 5.49. The molecule has 0 amide bonds. The van der Waals surface area contributed by atoms with E-state index in [0.29, 0.717) is 35.2 Å². The molecule has 10 heteroatoms. The number of halogens is 5. The number of unbranched alkanes of at least 4 members (excludes halogenated alkanes) is 1. The second-order valence-electron chi connectivity index (χ2n) is 11.7. The average molecular weight is 566 g/mol. The average Bonchev–Trinajstić information content (AvgIpc) is 3.21. The normalized spacial score (nSPS) is 22.4. The summed E-state index contributed by atoms with van der Waals surface area (Å²) >= 11 is 0. The molecule has 1 fully saturated rings. The first-order valence-electron chi connectivity index (χ1n) is 13.8. The van der Waals surface area contributed by atoms with Gasteiger partial charge in [-0.2, -0.15) is 0 Å². The Morgan fingerprint density at radius 1 is 1.07 bits per heavy atom. The zero-order chi connectivity index (χ0) is 29.0. The second kappa shape index (κ2) is 10.7. The van der Waals surface area contributed by atoms with Crippen molar-refractivity contribution in [3.05, 3.63) is 70.2 Å². The van der Waals surface area contributed by atoms with Crippen molar-refractivity contribution in [2.75, 3.05) is 32.8 Å². The molecule has 2 aliphatic rings. The number of fused-ring (bicyclic) bond motifs is 3. The predicted molar refractivity (Wildman–Crippen MR) is 143 cm³/mol. The summed E-state index contributed by atoms with van der Waals surface area (Å²) in [4.78, 5) is 6.57. The number of hydrogen-bond acceptors (Lipinski definition) is 4. The molecule has 2 aromatic carbocycles. The van der Waals surface area contributed by atoms with Gasteiger partial charge in [0.25, 0.3) is 5.92 Å². The largest absolute Gasteiger partial charge is 0.390 e. The fraction of sp³-hybridized carbons (Fsp3) is 0.533. The molecule has 0 spiro atoms. The number of H-pyrrole nitrogens is 1. The van der Waals surface area contributed by atoms with Gasteiger partial charge in [0.15, 0.2) is 0 Å². The summed E-state index contributed by atoms with van der Waals surface area (Å²) in [6.07, 6.45) is 2.31. The molecule has 0 radical (unpaired) electrons. The van der Waals surface area contributed by atoms with Crippen molar-refractivity contribution in [1.29, 1.82) is 0 Å². The SMILES string of the molecule is CCCCN1CC([C@@](C)(O)c2cc(F)c([C@@H]3c4[nH]c5ccc(F)cc5c4C[C@@H](C)N3CC(F)(F)CO)c(F)c2)C1. The van der Waals surface area contributed by atoms with E-state index in [0.717, 1.165) is 31.5 Å². The Balaban J connectivity index is 1.57. The number of aromatic nitrogens is 1. The van der Waals surface area contributed by atoms with Crippen LogP contribution in [-0.2, 0) is 12.0 Å². The van der Waals surface area contributed by atoms with E-state index in [1.165, 1.54) is 23.1 Å². The van der Waals surface area contributed by atoms with Gasteiger partial charge >= 0.3 is 0 Å². The summed E-state index contributed by atoms with van der Waals surface area (Å²) in [7, 11) is 0. The lowest BCUT2D eigenvalue weighted by Crippen LogP contribution is -2.55. The van der Waals surface area contributed by atoms with Gasteiger partial charge in [-0.25, -0.2) is 22.0 Å². The molecule has 0 saturated carbocycles. The second-order valence-corrected chi connectivity index (χ2v) is 11.7. The number of benzene rings is 2. The van der Waals surface area contributed by atoms with Crippen LogP contribution in [0.3, 0.4) is 0 Å². The molecular formula is C30H36F5N3O2. The molecule has 0 bridgehead atoms. The molecule has 3 aromatic rings. The van der Waals surface area contributed by atoms with Crippen molar-refractivity contribution in [3.63, 3.8) is 0 Å². The molecule has 40 heavy (non-hydrogen) atoms. The highest BCUT2D eigenvalue weighted by Gasteiger charge is 2.45. The maximum Gasteiger partial charge on any atom is 0.283 e. The van der Waals surface area contributed by atoms with E-state index in [-0.39, 0.29) is 17.9 Å². The number of likely N-dealkylation sites (tertiary alicyclic amines) is 1. The van der Waals surface area contributed by atoms with E-state index < -0.39 is 59.8 Å². The van der Waals surface area contributed by atoms with Crippen LogP contribution >= 0.6 is 0 Å². The van der Waals surface area contributed by atoms with Crippen LogP contribution in [0.1, 0.15) is 62.0 Å². The van der Waals surface area contributed by atoms with Crippen LogP contribution < -0.4 is 0 Å². The van der Waals surface area contributed by atoms with E-state index in [1.54, 1.807) is 13.8 Å². The molecule has 2 aliphatic heterocycles. The summed E-state index contributed by atoms with van der Waals surface area (Å²) in [5.74, 6) is -6.15. The zero-order valence-corrected chi connectivity index (χ0v) is 23.0. The third-order valence-corrected chi connectivity index (χ3v) is 8.73. The first-order valence-corrected chi connectivity index (χ1v) is 13.8. The Hall–Kier alpha value is -2.53. The van der Waals surface area contributed by atoms with Gasteiger partial charge in [0.05, 0.1) is 18.2 Å². The van der Waals surface area contributed by atoms with Crippen LogP contribution in [0.4, 0.5) is 22.0 Å². The van der Waals surface area contributed by atoms with Gasteiger partial charge in [-0.05, 0) is 74.7 Å². The van der Waals surface area contributed by atoms with E-state index >= 15 is 8.78 Å². The molecule has 0 aliphatic carbocycles. The molecule has 3 heterocycles. The summed E-state index contributed by atoms with van der Waals surface area (Å²) in [6, 6.07) is 4.37. The van der Waals surface area contributed by atoms with Crippen molar-refractivity contribution in [2.45, 2.75) is 63.6 Å². The first-order chi connectivity index (χ1) is 18.9. The van der Waals surface area contributed by atoms with E-state index in [2.05, 4.69) is 16.8 Å². The molecule has 0 unspecified atom stereocenters. The van der Waals surface area contributed by atoms with Crippen LogP contribution in [0.15, 0.2) is 30.3 Å². The third-order valence-electron chi connectivity index (χ3n) is 8.73. The van der Waals surface area contributed by atoms with E-state index in [4.69, 9.17) is 0 Å². The summed E-state index contributed by atoms with van der Waals surface area (Å²) in [6.45, 7) is 5.06. The van der Waals surface area contributed by atoms with Crippen molar-refractivity contribution in [1.82, 2.24) is 14.8 Å². The smallest absolute Gasteiger partial charge is 0.283 e.